The van der Waals surface area contributed by atoms with Gasteiger partial charge in [0.05, 0.1) is 6.61 Å². The van der Waals surface area contributed by atoms with Gasteiger partial charge in [0.15, 0.2) is 5.96 Å². The average Bonchev–Trinajstić information content (AvgIpc) is 2.68. The number of rotatable bonds is 8. The van der Waals surface area contributed by atoms with E-state index < -0.39 is 0 Å². The first-order chi connectivity index (χ1) is 12.3. The fraction of sp³-hybridized carbons (Fsp3) is 0.667. The van der Waals surface area contributed by atoms with Gasteiger partial charge in [-0.15, -0.1) is 24.0 Å². The maximum Gasteiger partial charge on any atom is 0.191 e. The van der Waals surface area contributed by atoms with Gasteiger partial charge >= 0.3 is 0 Å². The van der Waals surface area contributed by atoms with E-state index in [-0.39, 0.29) is 24.0 Å². The number of pyridine rings is 1. The lowest BCUT2D eigenvalue weighted by Crippen LogP contribution is -2.46. The van der Waals surface area contributed by atoms with Crippen molar-refractivity contribution in [1.29, 1.82) is 0 Å². The molecule has 8 heteroatoms. The van der Waals surface area contributed by atoms with Gasteiger partial charge in [0.1, 0.15) is 5.82 Å². The first-order valence-corrected chi connectivity index (χ1v) is 9.21. The van der Waals surface area contributed by atoms with Crippen molar-refractivity contribution < 1.29 is 4.74 Å². The third-order valence-corrected chi connectivity index (χ3v) is 4.38. The summed E-state index contributed by atoms with van der Waals surface area (Å²) < 4.78 is 5.33. The van der Waals surface area contributed by atoms with Gasteiger partial charge < -0.3 is 25.2 Å². The Kier molecular flexibility index (Phi) is 11.5. The third-order valence-electron chi connectivity index (χ3n) is 4.38. The molecule has 0 unspecified atom stereocenters. The van der Waals surface area contributed by atoms with Crippen molar-refractivity contribution >= 4 is 35.8 Å². The summed E-state index contributed by atoms with van der Waals surface area (Å²) in [5.74, 6) is 1.85. The van der Waals surface area contributed by atoms with Crippen LogP contribution >= 0.6 is 24.0 Å². The minimum Gasteiger partial charge on any atom is -0.380 e. The Morgan fingerprint density at radius 2 is 2.00 bits per heavy atom. The van der Waals surface area contributed by atoms with Gasteiger partial charge in [-0.25, -0.2) is 4.98 Å². The van der Waals surface area contributed by atoms with Crippen LogP contribution in [0.5, 0.6) is 0 Å². The highest BCUT2D eigenvalue weighted by molar-refractivity contribution is 14.0. The minimum atomic E-state index is 0. The number of aromatic nitrogens is 1. The summed E-state index contributed by atoms with van der Waals surface area (Å²) in [7, 11) is 1.78. The molecular weight excluding hydrogens is 443 g/mol. The van der Waals surface area contributed by atoms with E-state index in [1.807, 2.05) is 19.2 Å². The fourth-order valence-electron chi connectivity index (χ4n) is 2.83. The van der Waals surface area contributed by atoms with Crippen molar-refractivity contribution in [2.45, 2.75) is 20.4 Å². The predicted octanol–water partition coefficient (Wildman–Crippen LogP) is 1.54. The van der Waals surface area contributed by atoms with E-state index in [9.17, 15) is 0 Å². The number of aliphatic imine (C=N–C) groups is 1. The summed E-state index contributed by atoms with van der Waals surface area (Å²) in [6.45, 7) is 12.5. The first kappa shape index (κ1) is 22.9. The second kappa shape index (κ2) is 13.1. The number of piperazine rings is 1. The largest absolute Gasteiger partial charge is 0.380 e. The molecule has 148 valence electrons. The molecular formula is C18H33IN6O. The summed E-state index contributed by atoms with van der Waals surface area (Å²) in [6.07, 6.45) is 1.89. The molecule has 0 aliphatic carbocycles. The number of ether oxygens (including phenoxy) is 1. The first-order valence-electron chi connectivity index (χ1n) is 9.21. The van der Waals surface area contributed by atoms with E-state index in [1.165, 1.54) is 5.56 Å². The van der Waals surface area contributed by atoms with Crippen LogP contribution in [0.25, 0.3) is 0 Å². The molecule has 0 amide bonds. The normalized spacial score (nSPS) is 15.5. The van der Waals surface area contributed by atoms with E-state index in [1.54, 1.807) is 7.05 Å². The monoisotopic (exact) mass is 476 g/mol. The molecule has 2 heterocycles. The van der Waals surface area contributed by atoms with Crippen molar-refractivity contribution in [2.24, 2.45) is 4.99 Å². The van der Waals surface area contributed by atoms with Crippen LogP contribution in [0.15, 0.2) is 23.3 Å². The van der Waals surface area contributed by atoms with Crippen LogP contribution in [-0.4, -0.2) is 75.4 Å². The number of guanidine groups is 1. The molecule has 0 spiro atoms. The Bertz CT molecular complexity index is 534. The van der Waals surface area contributed by atoms with Crippen LogP contribution in [-0.2, 0) is 11.3 Å². The quantitative estimate of drug-likeness (QED) is 0.257. The lowest BCUT2D eigenvalue weighted by Gasteiger charge is -2.34. The molecule has 1 aliphatic heterocycles. The highest BCUT2D eigenvalue weighted by Crippen LogP contribution is 2.15. The number of nitrogens with one attached hydrogen (secondary N) is 2. The van der Waals surface area contributed by atoms with Gasteiger partial charge in [-0.3, -0.25) is 4.99 Å². The molecule has 0 saturated carbocycles. The summed E-state index contributed by atoms with van der Waals surface area (Å²) >= 11 is 0. The SMILES string of the molecule is CCOCCNC(=NC)NCc1ccnc(N2CCN(CC)CC2)c1.I. The second-order valence-electron chi connectivity index (χ2n) is 5.99. The van der Waals surface area contributed by atoms with Gasteiger partial charge in [0.25, 0.3) is 0 Å². The van der Waals surface area contributed by atoms with E-state index in [4.69, 9.17) is 4.74 Å². The molecule has 1 saturated heterocycles. The second-order valence-corrected chi connectivity index (χ2v) is 5.99. The van der Waals surface area contributed by atoms with Gasteiger partial charge in [-0.1, -0.05) is 6.92 Å². The Balaban J connectivity index is 0.00000338. The van der Waals surface area contributed by atoms with Crippen molar-refractivity contribution in [3.05, 3.63) is 23.9 Å². The molecule has 0 aromatic carbocycles. The van der Waals surface area contributed by atoms with Crippen LogP contribution in [0.2, 0.25) is 0 Å². The Labute approximate surface area is 174 Å². The molecule has 2 N–H and O–H groups in total. The van der Waals surface area contributed by atoms with E-state index in [0.29, 0.717) is 6.61 Å². The van der Waals surface area contributed by atoms with Gasteiger partial charge in [-0.2, -0.15) is 0 Å². The lowest BCUT2D eigenvalue weighted by molar-refractivity contribution is 0.152. The van der Waals surface area contributed by atoms with Crippen molar-refractivity contribution in [3.8, 4) is 0 Å². The summed E-state index contributed by atoms with van der Waals surface area (Å²) in [5.41, 5.74) is 1.20. The zero-order valence-electron chi connectivity index (χ0n) is 16.2. The van der Waals surface area contributed by atoms with Gasteiger partial charge in [0, 0.05) is 59.1 Å². The van der Waals surface area contributed by atoms with Gasteiger partial charge in [-0.05, 0) is 31.2 Å². The number of halogens is 1. The molecule has 0 atom stereocenters. The number of hydrogen-bond acceptors (Lipinski definition) is 5. The third kappa shape index (κ3) is 7.63. The molecule has 2 rings (SSSR count). The Morgan fingerprint density at radius 3 is 2.65 bits per heavy atom. The lowest BCUT2D eigenvalue weighted by atomic mass is 10.2. The van der Waals surface area contributed by atoms with Crippen LogP contribution in [0.3, 0.4) is 0 Å². The number of nitrogens with zero attached hydrogens (tertiary/aromatic N) is 4. The molecule has 1 aromatic rings. The number of likely N-dealkylation sites (N-methyl/N-ethyl adjacent to an activating group) is 1. The maximum atomic E-state index is 5.33. The predicted molar refractivity (Wildman–Crippen MR) is 119 cm³/mol. The van der Waals surface area contributed by atoms with Crippen molar-refractivity contribution in [3.63, 3.8) is 0 Å². The Morgan fingerprint density at radius 1 is 1.23 bits per heavy atom. The molecule has 1 aliphatic rings. The summed E-state index contributed by atoms with van der Waals surface area (Å²) in [5, 5.41) is 6.58. The van der Waals surface area contributed by atoms with E-state index in [0.717, 1.165) is 64.2 Å². The zero-order chi connectivity index (χ0) is 17.9. The van der Waals surface area contributed by atoms with Gasteiger partial charge in [0.2, 0.25) is 0 Å². The molecule has 26 heavy (non-hydrogen) atoms. The molecule has 1 fully saturated rings. The van der Waals surface area contributed by atoms with Crippen LogP contribution in [0.4, 0.5) is 5.82 Å². The molecule has 1 aromatic heterocycles. The zero-order valence-corrected chi connectivity index (χ0v) is 18.5. The highest BCUT2D eigenvalue weighted by atomic mass is 127. The van der Waals surface area contributed by atoms with Crippen molar-refractivity contribution in [1.82, 2.24) is 20.5 Å². The summed E-state index contributed by atoms with van der Waals surface area (Å²) in [4.78, 5) is 13.6. The Hall–Kier alpha value is -1.13. The van der Waals surface area contributed by atoms with Crippen molar-refractivity contribution in [2.75, 3.05) is 64.4 Å². The van der Waals surface area contributed by atoms with Crippen LogP contribution in [0, 0.1) is 0 Å². The highest BCUT2D eigenvalue weighted by Gasteiger charge is 2.16. The maximum absolute atomic E-state index is 5.33. The fourth-order valence-corrected chi connectivity index (χ4v) is 2.83. The number of hydrogen-bond donors (Lipinski definition) is 2. The van der Waals surface area contributed by atoms with E-state index in [2.05, 4.69) is 43.4 Å². The minimum absolute atomic E-state index is 0. The van der Waals surface area contributed by atoms with E-state index >= 15 is 0 Å². The molecule has 7 nitrogen and oxygen atoms in total. The molecule has 0 bridgehead atoms. The summed E-state index contributed by atoms with van der Waals surface area (Å²) in [6, 6.07) is 4.22. The topological polar surface area (TPSA) is 65.0 Å². The smallest absolute Gasteiger partial charge is 0.191 e. The van der Waals surface area contributed by atoms with Crippen LogP contribution < -0.4 is 15.5 Å². The van der Waals surface area contributed by atoms with Crippen LogP contribution in [0.1, 0.15) is 19.4 Å². The number of anilines is 1. The molecule has 0 radical (unpaired) electrons. The standard InChI is InChI=1S/C18H32N6O.HI/c1-4-23-9-11-24(12-10-23)17-14-16(6-7-20-17)15-22-18(19-3)21-8-13-25-5-2;/h6-7,14H,4-5,8-13,15H2,1-3H3,(H2,19,21,22);1H. The average molecular weight is 476 g/mol.